The van der Waals surface area contributed by atoms with Crippen molar-refractivity contribution in [3.8, 4) is 5.75 Å². The molecule has 0 spiro atoms. The van der Waals surface area contributed by atoms with E-state index < -0.39 is 15.7 Å². The van der Waals surface area contributed by atoms with Crippen LogP contribution in [0.4, 0.5) is 5.00 Å². The maximum Gasteiger partial charge on any atom is 0.262 e. The highest BCUT2D eigenvalue weighted by Gasteiger charge is 2.31. The highest BCUT2D eigenvalue weighted by molar-refractivity contribution is 7.92. The van der Waals surface area contributed by atoms with Crippen molar-refractivity contribution in [1.29, 1.82) is 0 Å². The van der Waals surface area contributed by atoms with Gasteiger partial charge in [-0.3, -0.25) is 4.79 Å². The second kappa shape index (κ2) is 9.02. The summed E-state index contributed by atoms with van der Waals surface area (Å²) in [4.78, 5) is 14.1. The third-order valence-electron chi connectivity index (χ3n) is 5.17. The highest BCUT2D eigenvalue weighted by atomic mass is 35.5. The van der Waals surface area contributed by atoms with Gasteiger partial charge in [0, 0.05) is 4.88 Å². The van der Waals surface area contributed by atoms with Crippen molar-refractivity contribution < 1.29 is 17.9 Å². The van der Waals surface area contributed by atoms with E-state index >= 15 is 0 Å². The number of hydrogen-bond acceptors (Lipinski definition) is 5. The van der Waals surface area contributed by atoms with E-state index in [2.05, 4.69) is 5.32 Å². The van der Waals surface area contributed by atoms with E-state index in [1.807, 2.05) is 6.92 Å². The van der Waals surface area contributed by atoms with Gasteiger partial charge in [0.15, 0.2) is 6.61 Å². The van der Waals surface area contributed by atoms with Crippen LogP contribution in [0.3, 0.4) is 0 Å². The number of rotatable bonds is 6. The molecule has 162 valence electrons. The lowest BCUT2D eigenvalue weighted by Gasteiger charge is -2.14. The zero-order valence-electron chi connectivity index (χ0n) is 17.0. The Hall–Kier alpha value is -2.35. The van der Waals surface area contributed by atoms with Crippen LogP contribution in [0.15, 0.2) is 58.3 Å². The second-order valence-corrected chi connectivity index (χ2v) is 10.9. The average molecular weight is 476 g/mol. The number of halogens is 1. The molecule has 1 N–H and O–H groups in total. The van der Waals surface area contributed by atoms with Gasteiger partial charge in [-0.2, -0.15) is 0 Å². The smallest absolute Gasteiger partial charge is 0.262 e. The molecule has 4 rings (SSSR count). The summed E-state index contributed by atoms with van der Waals surface area (Å²) in [7, 11) is -3.77. The van der Waals surface area contributed by atoms with Crippen LogP contribution in [0.5, 0.6) is 5.75 Å². The Morgan fingerprint density at radius 3 is 2.55 bits per heavy atom. The normalized spacial score (nSPS) is 13.5. The Kier molecular flexibility index (Phi) is 6.36. The van der Waals surface area contributed by atoms with Crippen molar-refractivity contribution in [1.82, 2.24) is 0 Å². The van der Waals surface area contributed by atoms with Gasteiger partial charge in [0.05, 0.1) is 9.92 Å². The van der Waals surface area contributed by atoms with E-state index in [9.17, 15) is 13.2 Å². The number of fused-ring (bicyclic) bond motifs is 1. The Labute approximate surface area is 190 Å². The van der Waals surface area contributed by atoms with E-state index in [1.54, 1.807) is 48.5 Å². The van der Waals surface area contributed by atoms with E-state index in [-0.39, 0.29) is 16.4 Å². The van der Waals surface area contributed by atoms with E-state index in [1.165, 1.54) is 11.3 Å². The molecule has 3 aromatic rings. The van der Waals surface area contributed by atoms with Gasteiger partial charge in [-0.25, -0.2) is 8.42 Å². The molecular formula is C23H22ClNO4S2. The fourth-order valence-corrected chi connectivity index (χ4v) is 7.09. The predicted octanol–water partition coefficient (Wildman–Crippen LogP) is 5.44. The molecule has 5 nitrogen and oxygen atoms in total. The number of nitrogens with one attached hydrogen (secondary N) is 1. The minimum atomic E-state index is -3.77. The molecule has 1 aromatic heterocycles. The number of amides is 1. The summed E-state index contributed by atoms with van der Waals surface area (Å²) in [6.07, 6.45) is 3.46. The quantitative estimate of drug-likeness (QED) is 0.515. The molecular weight excluding hydrogens is 454 g/mol. The first-order valence-electron chi connectivity index (χ1n) is 10.00. The van der Waals surface area contributed by atoms with E-state index in [0.29, 0.717) is 22.2 Å². The largest absolute Gasteiger partial charge is 0.482 e. The number of para-hydroxylation sites is 1. The second-order valence-electron chi connectivity index (χ2n) is 7.45. The van der Waals surface area contributed by atoms with Crippen molar-refractivity contribution in [2.24, 2.45) is 0 Å². The fourth-order valence-electron chi connectivity index (χ4n) is 3.61. The van der Waals surface area contributed by atoms with Gasteiger partial charge in [-0.05, 0) is 62.4 Å². The first-order valence-corrected chi connectivity index (χ1v) is 12.7. The fraction of sp³-hybridized carbons (Fsp3) is 0.261. The lowest BCUT2D eigenvalue weighted by molar-refractivity contribution is -0.118. The van der Waals surface area contributed by atoms with E-state index in [4.69, 9.17) is 16.3 Å². The number of thiophene rings is 1. The molecule has 1 amide bonds. The highest BCUT2D eigenvalue weighted by Crippen LogP contribution is 2.43. The molecule has 8 heteroatoms. The summed E-state index contributed by atoms with van der Waals surface area (Å²) < 4.78 is 32.5. The molecule has 2 aromatic carbocycles. The molecule has 1 heterocycles. The van der Waals surface area contributed by atoms with Crippen molar-refractivity contribution in [2.75, 3.05) is 11.9 Å². The third kappa shape index (κ3) is 4.63. The van der Waals surface area contributed by atoms with Crippen LogP contribution in [0.1, 0.15) is 28.8 Å². The lowest BCUT2D eigenvalue weighted by atomic mass is 9.99. The minimum Gasteiger partial charge on any atom is -0.482 e. The number of hydrogen-bond donors (Lipinski definition) is 1. The molecule has 0 bridgehead atoms. The van der Waals surface area contributed by atoms with Crippen molar-refractivity contribution in [3.63, 3.8) is 0 Å². The van der Waals surface area contributed by atoms with Crippen LogP contribution in [-0.2, 0) is 27.5 Å². The molecule has 1 aliphatic carbocycles. The maximum atomic E-state index is 13.5. The van der Waals surface area contributed by atoms with Gasteiger partial charge in [0.1, 0.15) is 15.6 Å². The summed E-state index contributed by atoms with van der Waals surface area (Å²) in [5, 5.41) is 3.55. The molecule has 1 aliphatic rings. The minimum absolute atomic E-state index is 0.224. The number of ether oxygens (including phenoxy) is 1. The van der Waals surface area contributed by atoms with Crippen LogP contribution < -0.4 is 10.1 Å². The van der Waals surface area contributed by atoms with Crippen LogP contribution in [-0.4, -0.2) is 20.9 Å². The zero-order chi connectivity index (χ0) is 22.0. The van der Waals surface area contributed by atoms with Crippen LogP contribution >= 0.6 is 22.9 Å². The molecule has 0 saturated carbocycles. The van der Waals surface area contributed by atoms with Gasteiger partial charge >= 0.3 is 0 Å². The molecule has 0 aliphatic heterocycles. The van der Waals surface area contributed by atoms with Crippen LogP contribution in [0.25, 0.3) is 0 Å². The Bertz CT molecular complexity index is 1220. The summed E-state index contributed by atoms with van der Waals surface area (Å²) >= 11 is 7.41. The summed E-state index contributed by atoms with van der Waals surface area (Å²) in [5.41, 5.74) is 1.82. The van der Waals surface area contributed by atoms with Crippen molar-refractivity contribution in [3.05, 3.63) is 69.6 Å². The topological polar surface area (TPSA) is 72.5 Å². The molecule has 0 unspecified atom stereocenters. The molecule has 0 saturated heterocycles. The van der Waals surface area contributed by atoms with Crippen molar-refractivity contribution in [2.45, 2.75) is 42.4 Å². The molecule has 0 fully saturated rings. The van der Waals surface area contributed by atoms with Crippen LogP contribution in [0, 0.1) is 6.92 Å². The van der Waals surface area contributed by atoms with E-state index in [0.717, 1.165) is 35.3 Å². The molecule has 0 radical (unpaired) electrons. The van der Waals surface area contributed by atoms with Gasteiger partial charge in [-0.15, -0.1) is 11.3 Å². The van der Waals surface area contributed by atoms with Gasteiger partial charge < -0.3 is 10.1 Å². The third-order valence-corrected chi connectivity index (χ3v) is 8.70. The molecule has 31 heavy (non-hydrogen) atoms. The number of carbonyl (C=O) groups is 1. The Morgan fingerprint density at radius 2 is 1.81 bits per heavy atom. The number of benzene rings is 2. The first-order chi connectivity index (χ1) is 14.9. The lowest BCUT2D eigenvalue weighted by Crippen LogP contribution is -2.21. The SMILES string of the molecule is Cc1ccc(S(=O)(=O)c2c(NC(=O)COc3ccccc3Cl)sc3c2CCCC3)cc1. The Balaban J connectivity index is 1.63. The number of sulfone groups is 1. The summed E-state index contributed by atoms with van der Waals surface area (Å²) in [6, 6.07) is 13.7. The number of anilines is 1. The summed E-state index contributed by atoms with van der Waals surface area (Å²) in [6.45, 7) is 1.64. The zero-order valence-corrected chi connectivity index (χ0v) is 19.4. The van der Waals surface area contributed by atoms with Gasteiger partial charge in [0.25, 0.3) is 5.91 Å². The Morgan fingerprint density at radius 1 is 1.10 bits per heavy atom. The first kappa shape index (κ1) is 21.9. The monoisotopic (exact) mass is 475 g/mol. The van der Waals surface area contributed by atoms with Crippen LogP contribution in [0.2, 0.25) is 5.02 Å². The number of aryl methyl sites for hydroxylation is 2. The van der Waals surface area contributed by atoms with Gasteiger partial charge in [-0.1, -0.05) is 41.4 Å². The number of carbonyl (C=O) groups excluding carboxylic acids is 1. The van der Waals surface area contributed by atoms with Gasteiger partial charge in [0.2, 0.25) is 9.84 Å². The average Bonchev–Trinajstić information content (AvgIpc) is 3.12. The maximum absolute atomic E-state index is 13.5. The standard InChI is InChI=1S/C23H22ClNO4S2/c1-15-10-12-16(13-11-15)31(27,28)22-17-6-2-5-9-20(17)30-23(22)25-21(26)14-29-19-8-4-3-7-18(19)24/h3-4,7-8,10-13H,2,5-6,9,14H2,1H3,(H,25,26). The summed E-state index contributed by atoms with van der Waals surface area (Å²) in [5.74, 6) is -0.0313. The predicted molar refractivity (Wildman–Crippen MR) is 123 cm³/mol. The molecule has 0 atom stereocenters. The van der Waals surface area contributed by atoms with Crippen molar-refractivity contribution >= 4 is 43.7 Å².